The van der Waals surface area contributed by atoms with E-state index in [-0.39, 0.29) is 0 Å². The van der Waals surface area contributed by atoms with Crippen molar-refractivity contribution < 1.29 is 5.11 Å². The van der Waals surface area contributed by atoms with Gasteiger partial charge in [-0.25, -0.2) is 0 Å². The molecule has 0 aromatic heterocycles. The first-order chi connectivity index (χ1) is 7.06. The van der Waals surface area contributed by atoms with Gasteiger partial charge < -0.3 is 10.8 Å². The fourth-order valence-corrected chi connectivity index (χ4v) is 2.17. The Kier molecular flexibility index (Phi) is 4.77. The highest BCUT2D eigenvalue weighted by molar-refractivity contribution is 9.10. The minimum Gasteiger partial charge on any atom is -0.392 e. The van der Waals surface area contributed by atoms with Crippen LogP contribution in [-0.4, -0.2) is 17.8 Å². The van der Waals surface area contributed by atoms with Crippen LogP contribution in [-0.2, 0) is 0 Å². The number of halogens is 1. The van der Waals surface area contributed by atoms with Gasteiger partial charge in [0.15, 0.2) is 0 Å². The molecule has 2 unspecified atom stereocenters. The third-order valence-corrected chi connectivity index (χ3v) is 3.60. The highest BCUT2D eigenvalue weighted by Gasteiger charge is 2.13. The van der Waals surface area contributed by atoms with Crippen LogP contribution in [0.15, 0.2) is 22.7 Å². The number of hydrogen-bond acceptors (Lipinski definition) is 2. The van der Waals surface area contributed by atoms with E-state index < -0.39 is 6.10 Å². The predicted octanol–water partition coefficient (Wildman–Crippen LogP) is 2.57. The Morgan fingerprint density at radius 3 is 2.73 bits per heavy atom. The summed E-state index contributed by atoms with van der Waals surface area (Å²) in [5.41, 5.74) is 7.93. The Morgan fingerprint density at radius 1 is 1.47 bits per heavy atom. The van der Waals surface area contributed by atoms with Gasteiger partial charge in [0, 0.05) is 11.0 Å². The SMILES string of the molecule is Cc1c(Br)cccc1C(C)CC(O)CN. The standard InChI is InChI=1S/C12H18BrNO/c1-8(6-10(15)7-14)11-4-3-5-12(13)9(11)2/h3-5,8,10,15H,6-7,14H2,1-2H3. The molecule has 0 spiro atoms. The van der Waals surface area contributed by atoms with E-state index in [1.165, 1.54) is 11.1 Å². The highest BCUT2D eigenvalue weighted by Crippen LogP contribution is 2.28. The number of aliphatic hydroxyl groups is 1. The average Bonchev–Trinajstić information content (AvgIpc) is 2.21. The topological polar surface area (TPSA) is 46.2 Å². The Bertz CT molecular complexity index is 327. The number of aliphatic hydroxyl groups excluding tert-OH is 1. The molecule has 0 aliphatic heterocycles. The fraction of sp³-hybridized carbons (Fsp3) is 0.500. The molecule has 0 amide bonds. The van der Waals surface area contributed by atoms with Crippen molar-refractivity contribution in [1.82, 2.24) is 0 Å². The minimum absolute atomic E-state index is 0.331. The van der Waals surface area contributed by atoms with Crippen molar-refractivity contribution in [3.8, 4) is 0 Å². The van der Waals surface area contributed by atoms with Crippen LogP contribution in [0.3, 0.4) is 0 Å². The van der Waals surface area contributed by atoms with Crippen LogP contribution in [0, 0.1) is 6.92 Å². The van der Waals surface area contributed by atoms with Crippen molar-refractivity contribution in [2.75, 3.05) is 6.54 Å². The fourth-order valence-electron chi connectivity index (χ4n) is 1.79. The number of rotatable bonds is 4. The second kappa shape index (κ2) is 5.64. The lowest BCUT2D eigenvalue weighted by Crippen LogP contribution is -2.21. The maximum atomic E-state index is 9.51. The zero-order valence-electron chi connectivity index (χ0n) is 9.20. The molecule has 0 aliphatic rings. The quantitative estimate of drug-likeness (QED) is 0.884. The van der Waals surface area contributed by atoms with Gasteiger partial charge in [-0.1, -0.05) is 35.0 Å². The summed E-state index contributed by atoms with van der Waals surface area (Å²) in [6.45, 7) is 4.54. The largest absolute Gasteiger partial charge is 0.392 e. The van der Waals surface area contributed by atoms with Crippen LogP contribution in [0.2, 0.25) is 0 Å². The van der Waals surface area contributed by atoms with E-state index >= 15 is 0 Å². The maximum absolute atomic E-state index is 9.51. The van der Waals surface area contributed by atoms with Crippen LogP contribution in [0.1, 0.15) is 30.4 Å². The van der Waals surface area contributed by atoms with E-state index in [1.807, 2.05) is 12.1 Å². The summed E-state index contributed by atoms with van der Waals surface area (Å²) in [7, 11) is 0. The van der Waals surface area contributed by atoms with Crippen molar-refractivity contribution in [1.29, 1.82) is 0 Å². The summed E-state index contributed by atoms with van der Waals surface area (Å²) in [4.78, 5) is 0. The van der Waals surface area contributed by atoms with Crippen LogP contribution in [0.4, 0.5) is 0 Å². The molecule has 1 aromatic rings. The lowest BCUT2D eigenvalue weighted by atomic mass is 9.92. The molecular weight excluding hydrogens is 254 g/mol. The molecule has 3 N–H and O–H groups in total. The van der Waals surface area contributed by atoms with Crippen LogP contribution < -0.4 is 5.73 Å². The lowest BCUT2D eigenvalue weighted by Gasteiger charge is -2.18. The van der Waals surface area contributed by atoms with Crippen molar-refractivity contribution in [3.63, 3.8) is 0 Å². The van der Waals surface area contributed by atoms with Crippen molar-refractivity contribution >= 4 is 15.9 Å². The molecule has 3 heteroatoms. The van der Waals surface area contributed by atoms with E-state index in [2.05, 4.69) is 35.8 Å². The first-order valence-electron chi connectivity index (χ1n) is 5.19. The van der Waals surface area contributed by atoms with E-state index in [0.717, 1.165) is 4.47 Å². The maximum Gasteiger partial charge on any atom is 0.0668 e. The number of hydrogen-bond donors (Lipinski definition) is 2. The van der Waals surface area contributed by atoms with Crippen LogP contribution in [0.25, 0.3) is 0 Å². The molecule has 0 radical (unpaired) electrons. The zero-order valence-corrected chi connectivity index (χ0v) is 10.8. The smallest absolute Gasteiger partial charge is 0.0668 e. The summed E-state index contributed by atoms with van der Waals surface area (Å²) in [5, 5.41) is 9.51. The molecule has 0 heterocycles. The third kappa shape index (κ3) is 3.30. The normalized spacial score (nSPS) is 15.0. The van der Waals surface area contributed by atoms with Gasteiger partial charge in [0.25, 0.3) is 0 Å². The minimum atomic E-state index is -0.404. The lowest BCUT2D eigenvalue weighted by molar-refractivity contribution is 0.165. The van der Waals surface area contributed by atoms with Gasteiger partial charge in [0.05, 0.1) is 6.10 Å². The average molecular weight is 272 g/mol. The second-order valence-electron chi connectivity index (χ2n) is 3.98. The van der Waals surface area contributed by atoms with Gasteiger partial charge in [0.1, 0.15) is 0 Å². The molecule has 1 rings (SSSR count). The predicted molar refractivity (Wildman–Crippen MR) is 67.0 cm³/mol. The molecular formula is C12H18BrNO. The molecule has 0 bridgehead atoms. The van der Waals surface area contributed by atoms with Crippen molar-refractivity contribution in [2.24, 2.45) is 5.73 Å². The van der Waals surface area contributed by atoms with Crippen LogP contribution in [0.5, 0.6) is 0 Å². The molecule has 1 aromatic carbocycles. The summed E-state index contributed by atoms with van der Waals surface area (Å²) in [6, 6.07) is 6.16. The summed E-state index contributed by atoms with van der Waals surface area (Å²) >= 11 is 3.51. The molecule has 0 fully saturated rings. The van der Waals surface area contributed by atoms with Crippen molar-refractivity contribution in [2.45, 2.75) is 32.3 Å². The second-order valence-corrected chi connectivity index (χ2v) is 4.83. The Morgan fingerprint density at radius 2 is 2.13 bits per heavy atom. The monoisotopic (exact) mass is 271 g/mol. The molecule has 2 nitrogen and oxygen atoms in total. The molecule has 15 heavy (non-hydrogen) atoms. The van der Waals surface area contributed by atoms with Gasteiger partial charge in [-0.05, 0) is 36.5 Å². The molecule has 2 atom stereocenters. The highest BCUT2D eigenvalue weighted by atomic mass is 79.9. The van der Waals surface area contributed by atoms with E-state index in [0.29, 0.717) is 18.9 Å². The Hall–Kier alpha value is -0.380. The van der Waals surface area contributed by atoms with Gasteiger partial charge >= 0.3 is 0 Å². The van der Waals surface area contributed by atoms with Gasteiger partial charge in [0.2, 0.25) is 0 Å². The summed E-state index contributed by atoms with van der Waals surface area (Å²) in [5.74, 6) is 0.334. The number of nitrogens with two attached hydrogens (primary N) is 1. The summed E-state index contributed by atoms with van der Waals surface area (Å²) in [6.07, 6.45) is 0.312. The van der Waals surface area contributed by atoms with E-state index in [9.17, 15) is 5.11 Å². The molecule has 0 aliphatic carbocycles. The Labute approximate surface area is 99.6 Å². The van der Waals surface area contributed by atoms with E-state index in [4.69, 9.17) is 5.73 Å². The van der Waals surface area contributed by atoms with Gasteiger partial charge in [-0.2, -0.15) is 0 Å². The van der Waals surface area contributed by atoms with Gasteiger partial charge in [-0.15, -0.1) is 0 Å². The Balaban J connectivity index is 2.82. The first-order valence-corrected chi connectivity index (χ1v) is 5.98. The first kappa shape index (κ1) is 12.7. The molecule has 0 saturated carbocycles. The summed E-state index contributed by atoms with van der Waals surface area (Å²) < 4.78 is 1.12. The van der Waals surface area contributed by atoms with Crippen LogP contribution >= 0.6 is 15.9 Å². The third-order valence-electron chi connectivity index (χ3n) is 2.74. The number of benzene rings is 1. The zero-order chi connectivity index (χ0) is 11.4. The van der Waals surface area contributed by atoms with Crippen molar-refractivity contribution in [3.05, 3.63) is 33.8 Å². The van der Waals surface area contributed by atoms with Gasteiger partial charge in [-0.3, -0.25) is 0 Å². The van der Waals surface area contributed by atoms with E-state index in [1.54, 1.807) is 0 Å². The molecule has 84 valence electrons. The molecule has 0 saturated heterocycles.